The van der Waals surface area contributed by atoms with Gasteiger partial charge in [-0.25, -0.2) is 4.39 Å². The molecular weight excluding hydrogens is 229 g/mol. The molecule has 1 aromatic carbocycles. The van der Waals surface area contributed by atoms with Gasteiger partial charge in [-0.15, -0.1) is 0 Å². The molecule has 1 aromatic rings. The van der Waals surface area contributed by atoms with Crippen LogP contribution in [0.3, 0.4) is 0 Å². The first-order valence-corrected chi connectivity index (χ1v) is 6.73. The largest absolute Gasteiger partial charge is 0.496 e. The number of hydrogen-bond donors (Lipinski definition) is 1. The minimum absolute atomic E-state index is 0.637. The smallest absolute Gasteiger partial charge is 0.128 e. The van der Waals surface area contributed by atoms with Crippen molar-refractivity contribution in [2.24, 2.45) is 5.92 Å². The van der Waals surface area contributed by atoms with E-state index in [-0.39, 0.29) is 0 Å². The van der Waals surface area contributed by atoms with Gasteiger partial charge in [0.1, 0.15) is 11.9 Å². The van der Waals surface area contributed by atoms with E-state index in [2.05, 4.69) is 11.4 Å². The number of rotatable bonds is 4. The van der Waals surface area contributed by atoms with Crippen molar-refractivity contribution < 1.29 is 9.13 Å². The van der Waals surface area contributed by atoms with Gasteiger partial charge in [-0.2, -0.15) is 0 Å². The van der Waals surface area contributed by atoms with Crippen molar-refractivity contribution in [2.75, 3.05) is 20.2 Å². The van der Waals surface area contributed by atoms with Crippen LogP contribution in [-0.4, -0.2) is 20.2 Å². The SMILES string of the molecule is COc1c(CC2CCCNC2)cccc1C(C)F. The van der Waals surface area contributed by atoms with Gasteiger partial charge in [0, 0.05) is 5.56 Å². The van der Waals surface area contributed by atoms with Crippen LogP contribution in [0, 0.1) is 5.92 Å². The second-order valence-corrected chi connectivity index (χ2v) is 5.07. The number of ether oxygens (including phenoxy) is 1. The molecule has 1 aliphatic rings. The number of hydrogen-bond acceptors (Lipinski definition) is 2. The van der Waals surface area contributed by atoms with Gasteiger partial charge in [0.15, 0.2) is 0 Å². The molecule has 0 saturated carbocycles. The zero-order valence-corrected chi connectivity index (χ0v) is 11.2. The van der Waals surface area contributed by atoms with Gasteiger partial charge >= 0.3 is 0 Å². The highest BCUT2D eigenvalue weighted by Gasteiger charge is 2.18. The van der Waals surface area contributed by atoms with Crippen LogP contribution in [0.5, 0.6) is 5.75 Å². The van der Waals surface area contributed by atoms with Crippen molar-refractivity contribution >= 4 is 0 Å². The highest BCUT2D eigenvalue weighted by Crippen LogP contribution is 2.32. The van der Waals surface area contributed by atoms with Gasteiger partial charge in [0.2, 0.25) is 0 Å². The Morgan fingerprint density at radius 3 is 2.94 bits per heavy atom. The molecule has 100 valence electrons. The van der Waals surface area contributed by atoms with Crippen LogP contribution in [0.4, 0.5) is 4.39 Å². The Morgan fingerprint density at radius 2 is 2.33 bits per heavy atom. The minimum atomic E-state index is -0.982. The number of halogens is 1. The molecule has 0 bridgehead atoms. The molecule has 1 N–H and O–H groups in total. The number of para-hydroxylation sites is 1. The highest BCUT2D eigenvalue weighted by molar-refractivity contribution is 5.43. The summed E-state index contributed by atoms with van der Waals surface area (Å²) >= 11 is 0. The fraction of sp³-hybridized carbons (Fsp3) is 0.600. The van der Waals surface area contributed by atoms with Crippen LogP contribution in [0.15, 0.2) is 18.2 Å². The summed E-state index contributed by atoms with van der Waals surface area (Å²) in [4.78, 5) is 0. The van der Waals surface area contributed by atoms with E-state index in [1.54, 1.807) is 14.0 Å². The van der Waals surface area contributed by atoms with E-state index in [0.717, 1.165) is 30.8 Å². The third-order valence-electron chi connectivity index (χ3n) is 3.67. The molecule has 3 heteroatoms. The fourth-order valence-electron chi connectivity index (χ4n) is 2.74. The van der Waals surface area contributed by atoms with E-state index in [9.17, 15) is 4.39 Å². The van der Waals surface area contributed by atoms with Crippen LogP contribution in [0.25, 0.3) is 0 Å². The van der Waals surface area contributed by atoms with E-state index >= 15 is 0 Å². The molecule has 1 aliphatic heterocycles. The zero-order valence-electron chi connectivity index (χ0n) is 11.2. The van der Waals surface area contributed by atoms with Gasteiger partial charge in [0.05, 0.1) is 7.11 Å². The number of benzene rings is 1. The number of alkyl halides is 1. The lowest BCUT2D eigenvalue weighted by Gasteiger charge is -2.24. The summed E-state index contributed by atoms with van der Waals surface area (Å²) < 4.78 is 19.0. The molecule has 2 nitrogen and oxygen atoms in total. The maximum absolute atomic E-state index is 13.5. The molecule has 0 spiro atoms. The quantitative estimate of drug-likeness (QED) is 0.886. The van der Waals surface area contributed by atoms with Crippen LogP contribution >= 0.6 is 0 Å². The topological polar surface area (TPSA) is 21.3 Å². The van der Waals surface area contributed by atoms with Crippen molar-refractivity contribution in [2.45, 2.75) is 32.4 Å². The minimum Gasteiger partial charge on any atom is -0.496 e. The molecule has 18 heavy (non-hydrogen) atoms. The van der Waals surface area contributed by atoms with Crippen molar-refractivity contribution in [3.05, 3.63) is 29.3 Å². The summed E-state index contributed by atoms with van der Waals surface area (Å²) in [5, 5.41) is 3.42. The third kappa shape index (κ3) is 3.02. The molecule has 2 rings (SSSR count). The lowest BCUT2D eigenvalue weighted by atomic mass is 9.90. The predicted molar refractivity (Wildman–Crippen MR) is 71.8 cm³/mol. The maximum atomic E-state index is 13.5. The molecule has 2 unspecified atom stereocenters. The second-order valence-electron chi connectivity index (χ2n) is 5.07. The van der Waals surface area contributed by atoms with E-state index in [0.29, 0.717) is 11.5 Å². The van der Waals surface area contributed by atoms with Crippen LogP contribution < -0.4 is 10.1 Å². The maximum Gasteiger partial charge on any atom is 0.128 e. The van der Waals surface area contributed by atoms with Gasteiger partial charge < -0.3 is 10.1 Å². The highest BCUT2D eigenvalue weighted by atomic mass is 19.1. The molecule has 2 atom stereocenters. The Kier molecular flexibility index (Phi) is 4.59. The van der Waals surface area contributed by atoms with E-state index in [1.807, 2.05) is 12.1 Å². The predicted octanol–water partition coefficient (Wildman–Crippen LogP) is 3.27. The average Bonchev–Trinajstić information content (AvgIpc) is 2.39. The van der Waals surface area contributed by atoms with E-state index in [4.69, 9.17) is 4.74 Å². The van der Waals surface area contributed by atoms with Crippen LogP contribution in [0.1, 0.15) is 37.1 Å². The molecule has 0 radical (unpaired) electrons. The van der Waals surface area contributed by atoms with Gasteiger partial charge in [-0.3, -0.25) is 0 Å². The van der Waals surface area contributed by atoms with Gasteiger partial charge in [-0.05, 0) is 50.8 Å². The first kappa shape index (κ1) is 13.3. The summed E-state index contributed by atoms with van der Waals surface area (Å²) in [7, 11) is 1.63. The molecule has 1 heterocycles. The lowest BCUT2D eigenvalue weighted by Crippen LogP contribution is -2.30. The average molecular weight is 251 g/mol. The zero-order chi connectivity index (χ0) is 13.0. The monoisotopic (exact) mass is 251 g/mol. The Bertz CT molecular complexity index is 386. The normalized spacial score (nSPS) is 21.6. The molecule has 0 aliphatic carbocycles. The van der Waals surface area contributed by atoms with Gasteiger partial charge in [0.25, 0.3) is 0 Å². The molecule has 0 aromatic heterocycles. The van der Waals surface area contributed by atoms with E-state index < -0.39 is 6.17 Å². The Morgan fingerprint density at radius 1 is 1.50 bits per heavy atom. The summed E-state index contributed by atoms with van der Waals surface area (Å²) in [6.45, 7) is 3.73. The standard InChI is InChI=1S/C15H22FNO/c1-11(16)14-7-3-6-13(15(14)18-2)9-12-5-4-8-17-10-12/h3,6-7,11-12,17H,4-5,8-10H2,1-2H3. The lowest BCUT2D eigenvalue weighted by molar-refractivity contribution is 0.337. The second kappa shape index (κ2) is 6.19. The van der Waals surface area contributed by atoms with Crippen molar-refractivity contribution in [3.8, 4) is 5.75 Å². The van der Waals surface area contributed by atoms with Crippen molar-refractivity contribution in [1.82, 2.24) is 5.32 Å². The summed E-state index contributed by atoms with van der Waals surface area (Å²) in [5.41, 5.74) is 1.80. The van der Waals surface area contributed by atoms with E-state index in [1.165, 1.54) is 12.8 Å². The first-order valence-electron chi connectivity index (χ1n) is 6.73. The Balaban J connectivity index is 2.18. The number of piperidine rings is 1. The summed E-state index contributed by atoms with van der Waals surface area (Å²) in [6.07, 6.45) is 2.46. The first-order chi connectivity index (χ1) is 8.72. The summed E-state index contributed by atoms with van der Waals surface area (Å²) in [5.74, 6) is 1.37. The Labute approximate surface area is 109 Å². The molecule has 1 saturated heterocycles. The van der Waals surface area contributed by atoms with Crippen LogP contribution in [0.2, 0.25) is 0 Å². The van der Waals surface area contributed by atoms with Crippen molar-refractivity contribution in [3.63, 3.8) is 0 Å². The number of methoxy groups -OCH3 is 1. The molecule has 0 amide bonds. The van der Waals surface area contributed by atoms with Crippen molar-refractivity contribution in [1.29, 1.82) is 0 Å². The van der Waals surface area contributed by atoms with Crippen LogP contribution in [-0.2, 0) is 6.42 Å². The Hall–Kier alpha value is -1.09. The molecule has 1 fully saturated rings. The third-order valence-corrected chi connectivity index (χ3v) is 3.67. The summed E-state index contributed by atoms with van der Waals surface area (Å²) in [6, 6.07) is 5.80. The molecular formula is C15H22FNO. The van der Waals surface area contributed by atoms with Gasteiger partial charge in [-0.1, -0.05) is 18.2 Å². The fourth-order valence-corrected chi connectivity index (χ4v) is 2.74. The number of nitrogens with one attached hydrogen (secondary N) is 1.